The Morgan fingerprint density at radius 2 is 1.82 bits per heavy atom. The number of methoxy groups -OCH3 is 1. The number of aryl methyl sites for hydroxylation is 1. The molecule has 2 aromatic rings. The summed E-state index contributed by atoms with van der Waals surface area (Å²) in [6, 6.07) is 12.5. The molecule has 2 bridgehead atoms. The number of ether oxygens (including phenoxy) is 1. The van der Waals surface area contributed by atoms with E-state index in [2.05, 4.69) is 0 Å². The number of hydrogen-bond acceptors (Lipinski definition) is 4. The zero-order valence-corrected chi connectivity index (χ0v) is 16.5. The fourth-order valence-electron chi connectivity index (χ4n) is 5.24. The first-order valence-electron chi connectivity index (χ1n) is 9.43. The molecule has 0 unspecified atom stereocenters. The number of Topliss-reactive ketones (excluding diaryl/α,β-unsaturated/α-hetero) is 2. The average molecular weight is 392 g/mol. The van der Waals surface area contributed by atoms with Crippen molar-refractivity contribution in [3.8, 4) is 5.75 Å². The average Bonchev–Trinajstić information content (AvgIpc) is 3.32. The Bertz CT molecular complexity index is 1070. The molecule has 0 spiro atoms. The van der Waals surface area contributed by atoms with Gasteiger partial charge in [-0.1, -0.05) is 42.0 Å². The van der Waals surface area contributed by atoms with E-state index < -0.39 is 21.5 Å². The smallest absolute Gasteiger partial charge is 0.184 e. The summed E-state index contributed by atoms with van der Waals surface area (Å²) in [5.74, 6) is -0.765. The van der Waals surface area contributed by atoms with Gasteiger partial charge in [-0.2, -0.15) is 0 Å². The van der Waals surface area contributed by atoms with Crippen molar-refractivity contribution in [3.63, 3.8) is 0 Å². The highest BCUT2D eigenvalue weighted by molar-refractivity contribution is 7.87. The highest BCUT2D eigenvalue weighted by atomic mass is 32.2. The Hall–Kier alpha value is -2.53. The van der Waals surface area contributed by atoms with Gasteiger partial charge in [0.25, 0.3) is 0 Å². The van der Waals surface area contributed by atoms with Gasteiger partial charge < -0.3 is 4.74 Å². The molecule has 2 aromatic carbocycles. The van der Waals surface area contributed by atoms with Gasteiger partial charge in [0.15, 0.2) is 11.6 Å². The molecular formula is C23H20O4S. The predicted octanol–water partition coefficient (Wildman–Crippen LogP) is 3.75. The van der Waals surface area contributed by atoms with Crippen LogP contribution in [-0.2, 0) is 10.8 Å². The van der Waals surface area contributed by atoms with Crippen LogP contribution >= 0.6 is 0 Å². The van der Waals surface area contributed by atoms with Crippen molar-refractivity contribution in [2.24, 2.45) is 17.8 Å². The summed E-state index contributed by atoms with van der Waals surface area (Å²) < 4.78 is 18.1. The molecule has 142 valence electrons. The molecular weight excluding hydrogens is 372 g/mol. The van der Waals surface area contributed by atoms with Crippen molar-refractivity contribution in [2.45, 2.75) is 23.0 Å². The van der Waals surface area contributed by atoms with Crippen molar-refractivity contribution in [1.29, 1.82) is 0 Å². The third-order valence-corrected chi connectivity index (χ3v) is 8.53. The zero-order chi connectivity index (χ0) is 19.6. The second kappa shape index (κ2) is 5.98. The lowest BCUT2D eigenvalue weighted by Crippen LogP contribution is -2.58. The summed E-state index contributed by atoms with van der Waals surface area (Å²) in [7, 11) is -0.133. The van der Waals surface area contributed by atoms with Crippen molar-refractivity contribution in [3.05, 3.63) is 71.3 Å². The fraction of sp³-hybridized carbons (Fsp3) is 0.304. The lowest BCUT2D eigenvalue weighted by Gasteiger charge is -2.42. The van der Waals surface area contributed by atoms with Gasteiger partial charge in [-0.05, 0) is 37.5 Å². The molecule has 1 fully saturated rings. The van der Waals surface area contributed by atoms with Crippen LogP contribution in [0.15, 0.2) is 59.5 Å². The van der Waals surface area contributed by atoms with Crippen LogP contribution < -0.4 is 4.74 Å². The second-order valence-electron chi connectivity index (χ2n) is 7.82. The van der Waals surface area contributed by atoms with Crippen LogP contribution in [-0.4, -0.2) is 27.6 Å². The molecule has 5 rings (SSSR count). The maximum Gasteiger partial charge on any atom is 0.184 e. The molecule has 0 amide bonds. The van der Waals surface area contributed by atoms with Crippen LogP contribution in [0, 0.1) is 24.7 Å². The lowest BCUT2D eigenvalue weighted by atomic mass is 9.68. The molecule has 0 N–H and O–H groups in total. The SMILES string of the molecule is COc1cccc2c1C(=O)[C@H]1[C@H]3C=C[C@H](C3)[C@@]1([S@@](=O)c1ccc(C)cc1)C2=O. The minimum atomic E-state index is -1.63. The number of hydrogen-bond donors (Lipinski definition) is 0. The number of carbonyl (C=O) groups excluding carboxylic acids is 2. The number of allylic oxidation sites excluding steroid dienone is 2. The van der Waals surface area contributed by atoms with Gasteiger partial charge in [0.1, 0.15) is 10.5 Å². The zero-order valence-electron chi connectivity index (χ0n) is 15.7. The number of fused-ring (bicyclic) bond motifs is 6. The van der Waals surface area contributed by atoms with E-state index in [1.54, 1.807) is 18.2 Å². The van der Waals surface area contributed by atoms with Crippen LogP contribution in [0.3, 0.4) is 0 Å². The van der Waals surface area contributed by atoms with E-state index in [1.807, 2.05) is 43.3 Å². The van der Waals surface area contributed by atoms with E-state index in [9.17, 15) is 13.8 Å². The van der Waals surface area contributed by atoms with E-state index in [0.29, 0.717) is 28.2 Å². The molecule has 3 aliphatic rings. The van der Waals surface area contributed by atoms with Crippen LogP contribution in [0.25, 0.3) is 0 Å². The summed E-state index contributed by atoms with van der Waals surface area (Å²) in [6.07, 6.45) is 4.70. The third-order valence-electron chi connectivity index (χ3n) is 6.47. The van der Waals surface area contributed by atoms with Gasteiger partial charge in [0.2, 0.25) is 0 Å². The number of carbonyl (C=O) groups is 2. The Morgan fingerprint density at radius 1 is 1.07 bits per heavy atom. The Kier molecular flexibility index (Phi) is 3.75. The molecule has 0 aliphatic heterocycles. The largest absolute Gasteiger partial charge is 0.496 e. The van der Waals surface area contributed by atoms with Crippen molar-refractivity contribution < 1.29 is 18.5 Å². The molecule has 0 heterocycles. The van der Waals surface area contributed by atoms with E-state index in [0.717, 1.165) is 5.56 Å². The summed E-state index contributed by atoms with van der Waals surface area (Å²) in [5.41, 5.74) is 1.74. The van der Waals surface area contributed by atoms with Gasteiger partial charge in [-0.3, -0.25) is 13.8 Å². The summed E-state index contributed by atoms with van der Waals surface area (Å²) in [5, 5.41) is 0. The third kappa shape index (κ3) is 2.03. The van der Waals surface area contributed by atoms with Gasteiger partial charge in [-0.15, -0.1) is 0 Å². The number of rotatable bonds is 3. The first-order chi connectivity index (χ1) is 13.5. The van der Waals surface area contributed by atoms with Crippen LogP contribution in [0.2, 0.25) is 0 Å². The Morgan fingerprint density at radius 3 is 2.54 bits per heavy atom. The highest BCUT2D eigenvalue weighted by Gasteiger charge is 2.69. The normalized spacial score (nSPS) is 30.9. The molecule has 5 heteroatoms. The topological polar surface area (TPSA) is 60.4 Å². The minimum absolute atomic E-state index is 0.0612. The molecule has 4 nitrogen and oxygen atoms in total. The monoisotopic (exact) mass is 392 g/mol. The molecule has 1 saturated carbocycles. The van der Waals surface area contributed by atoms with Crippen LogP contribution in [0.4, 0.5) is 0 Å². The van der Waals surface area contributed by atoms with E-state index in [-0.39, 0.29) is 23.4 Å². The Balaban J connectivity index is 1.76. The summed E-state index contributed by atoms with van der Waals surface area (Å²) in [6.45, 7) is 1.96. The highest BCUT2D eigenvalue weighted by Crippen LogP contribution is 2.59. The number of benzene rings is 2. The number of ketones is 2. The van der Waals surface area contributed by atoms with Gasteiger partial charge >= 0.3 is 0 Å². The van der Waals surface area contributed by atoms with E-state index in [1.165, 1.54) is 7.11 Å². The fourth-order valence-corrected chi connectivity index (χ4v) is 7.26. The molecule has 0 radical (unpaired) electrons. The maximum absolute atomic E-state index is 13.9. The maximum atomic E-state index is 13.9. The summed E-state index contributed by atoms with van der Waals surface area (Å²) >= 11 is 0. The van der Waals surface area contributed by atoms with Crippen molar-refractivity contribution in [1.82, 2.24) is 0 Å². The lowest BCUT2D eigenvalue weighted by molar-refractivity contribution is 0.0749. The van der Waals surface area contributed by atoms with Crippen LogP contribution in [0.1, 0.15) is 32.7 Å². The van der Waals surface area contributed by atoms with Gasteiger partial charge in [0, 0.05) is 16.4 Å². The minimum Gasteiger partial charge on any atom is -0.496 e. The van der Waals surface area contributed by atoms with Gasteiger partial charge in [0.05, 0.1) is 29.4 Å². The Labute approximate surface area is 166 Å². The molecule has 0 saturated heterocycles. The first kappa shape index (κ1) is 17.6. The molecule has 3 aliphatic carbocycles. The van der Waals surface area contributed by atoms with E-state index in [4.69, 9.17) is 4.74 Å². The van der Waals surface area contributed by atoms with Crippen LogP contribution in [0.5, 0.6) is 5.75 Å². The second-order valence-corrected chi connectivity index (χ2v) is 9.50. The molecule has 28 heavy (non-hydrogen) atoms. The standard InChI is InChI=1S/C23H20O4S/c1-13-6-10-16(11-7-13)28(26)23-15-9-8-14(12-15)20(23)21(24)19-17(22(23)25)4-3-5-18(19)27-2/h3-11,14-15,20H,12H2,1-2H3/t14-,15+,20+,23-,28-/m0/s1. The van der Waals surface area contributed by atoms with Crippen molar-refractivity contribution in [2.75, 3.05) is 7.11 Å². The molecule has 0 aromatic heterocycles. The first-order valence-corrected chi connectivity index (χ1v) is 10.6. The molecule has 5 atom stereocenters. The quantitative estimate of drug-likeness (QED) is 0.747. The predicted molar refractivity (Wildman–Crippen MR) is 106 cm³/mol. The summed E-state index contributed by atoms with van der Waals surface area (Å²) in [4.78, 5) is 28.1. The van der Waals surface area contributed by atoms with Gasteiger partial charge in [-0.25, -0.2) is 0 Å². The van der Waals surface area contributed by atoms with E-state index >= 15 is 0 Å². The van der Waals surface area contributed by atoms with Crippen molar-refractivity contribution >= 4 is 22.4 Å².